The topological polar surface area (TPSA) is 58.2 Å². The van der Waals surface area contributed by atoms with E-state index in [1.807, 2.05) is 19.2 Å². The Morgan fingerprint density at radius 1 is 1.26 bits per heavy atom. The summed E-state index contributed by atoms with van der Waals surface area (Å²) < 4.78 is 26.4. The van der Waals surface area contributed by atoms with Crippen molar-refractivity contribution in [2.75, 3.05) is 25.9 Å². The Morgan fingerprint density at radius 3 is 2.79 bits per heavy atom. The first-order valence-electron chi connectivity index (χ1n) is 6.82. The Bertz CT molecular complexity index is 514. The van der Waals surface area contributed by atoms with Gasteiger partial charge in [0, 0.05) is 12.5 Å². The minimum Gasteiger partial charge on any atom is -0.320 e. The fraction of sp³-hybridized carbons (Fsp3) is 0.571. The Kier molecular flexibility index (Phi) is 4.96. The van der Waals surface area contributed by atoms with Crippen LogP contribution in [0.25, 0.3) is 0 Å². The molecular formula is C14H22N2O2S. The molecule has 0 saturated carbocycles. The number of hydrogen-bond donors (Lipinski definition) is 2. The van der Waals surface area contributed by atoms with Crippen LogP contribution in [0.3, 0.4) is 0 Å². The van der Waals surface area contributed by atoms with Gasteiger partial charge in [-0.1, -0.05) is 24.3 Å². The summed E-state index contributed by atoms with van der Waals surface area (Å²) in [7, 11) is -1.24. The number of unbranched alkanes of at least 4 members (excludes halogenated alkanes) is 1. The number of rotatable bonds is 8. The van der Waals surface area contributed by atoms with Crippen molar-refractivity contribution < 1.29 is 8.42 Å². The van der Waals surface area contributed by atoms with Crippen LogP contribution < -0.4 is 10.0 Å². The average molecular weight is 282 g/mol. The predicted octanol–water partition coefficient (Wildman–Crippen LogP) is 1.25. The molecule has 4 nitrogen and oxygen atoms in total. The monoisotopic (exact) mass is 282 g/mol. The quantitative estimate of drug-likeness (QED) is 0.705. The van der Waals surface area contributed by atoms with Gasteiger partial charge in [-0.2, -0.15) is 0 Å². The van der Waals surface area contributed by atoms with Gasteiger partial charge in [-0.05, 0) is 44.0 Å². The molecule has 0 saturated heterocycles. The molecule has 2 N–H and O–H groups in total. The van der Waals surface area contributed by atoms with Crippen LogP contribution in [-0.4, -0.2) is 34.3 Å². The van der Waals surface area contributed by atoms with E-state index in [9.17, 15) is 8.42 Å². The summed E-state index contributed by atoms with van der Waals surface area (Å²) in [6, 6.07) is 8.24. The van der Waals surface area contributed by atoms with E-state index >= 15 is 0 Å². The fourth-order valence-electron chi connectivity index (χ4n) is 2.44. The van der Waals surface area contributed by atoms with Crippen LogP contribution in [0.5, 0.6) is 0 Å². The van der Waals surface area contributed by atoms with E-state index in [-0.39, 0.29) is 5.75 Å². The highest BCUT2D eigenvalue weighted by Gasteiger charge is 2.26. The first kappa shape index (κ1) is 14.5. The number of hydrogen-bond acceptors (Lipinski definition) is 3. The van der Waals surface area contributed by atoms with E-state index in [2.05, 4.69) is 22.2 Å². The molecule has 2 rings (SSSR count). The lowest BCUT2D eigenvalue weighted by Gasteiger charge is -2.30. The number of benzene rings is 1. The Labute approximate surface area is 115 Å². The van der Waals surface area contributed by atoms with E-state index in [1.165, 1.54) is 11.1 Å². The van der Waals surface area contributed by atoms with Crippen molar-refractivity contribution in [2.45, 2.75) is 25.2 Å². The zero-order valence-corrected chi connectivity index (χ0v) is 12.2. The summed E-state index contributed by atoms with van der Waals surface area (Å²) in [6.45, 7) is 1.40. The molecule has 0 bridgehead atoms. The maximum absolute atomic E-state index is 11.8. The number of fused-ring (bicyclic) bond motifs is 1. The maximum atomic E-state index is 11.8. The van der Waals surface area contributed by atoms with Gasteiger partial charge in [0.05, 0.1) is 5.75 Å². The summed E-state index contributed by atoms with van der Waals surface area (Å²) in [4.78, 5) is 0. The zero-order valence-electron chi connectivity index (χ0n) is 11.4. The molecule has 19 heavy (non-hydrogen) atoms. The largest absolute Gasteiger partial charge is 0.320 e. The van der Waals surface area contributed by atoms with Gasteiger partial charge in [0.15, 0.2) is 0 Å². The molecule has 106 valence electrons. The van der Waals surface area contributed by atoms with Crippen LogP contribution in [-0.2, 0) is 16.4 Å². The van der Waals surface area contributed by atoms with Gasteiger partial charge in [0.1, 0.15) is 0 Å². The molecule has 0 amide bonds. The third-order valence-corrected chi connectivity index (χ3v) is 5.03. The normalized spacial score (nSPS) is 17.8. The van der Waals surface area contributed by atoms with E-state index in [1.54, 1.807) is 0 Å². The molecule has 0 heterocycles. The molecule has 0 aliphatic heterocycles. The van der Waals surface area contributed by atoms with Crippen molar-refractivity contribution in [1.29, 1.82) is 0 Å². The summed E-state index contributed by atoms with van der Waals surface area (Å²) >= 11 is 0. The second kappa shape index (κ2) is 6.50. The second-order valence-corrected chi connectivity index (χ2v) is 7.00. The van der Waals surface area contributed by atoms with Gasteiger partial charge in [-0.3, -0.25) is 0 Å². The molecule has 1 aromatic carbocycles. The first-order valence-corrected chi connectivity index (χ1v) is 8.47. The molecule has 1 aromatic rings. The van der Waals surface area contributed by atoms with Gasteiger partial charge >= 0.3 is 0 Å². The highest BCUT2D eigenvalue weighted by atomic mass is 32.2. The van der Waals surface area contributed by atoms with E-state index in [0.29, 0.717) is 18.9 Å². The first-order chi connectivity index (χ1) is 9.12. The lowest BCUT2D eigenvalue weighted by atomic mass is 9.78. The Morgan fingerprint density at radius 2 is 2.05 bits per heavy atom. The standard InChI is InChI=1S/C14H22N2O2S/c1-15-8-4-5-9-19(17,18)16-11-13-10-12-6-2-3-7-14(12)13/h2-3,6-7,13,15-16H,4-5,8-11H2,1H3. The van der Waals surface area contributed by atoms with Gasteiger partial charge in [0.2, 0.25) is 10.0 Å². The lowest BCUT2D eigenvalue weighted by Crippen LogP contribution is -2.34. The molecule has 0 aromatic heterocycles. The molecule has 1 unspecified atom stereocenters. The SMILES string of the molecule is CNCCCCS(=O)(=O)NCC1Cc2ccccc21. The molecule has 1 atom stereocenters. The molecule has 0 radical (unpaired) electrons. The lowest BCUT2D eigenvalue weighted by molar-refractivity contribution is 0.548. The van der Waals surface area contributed by atoms with Crippen molar-refractivity contribution in [2.24, 2.45) is 0 Å². The highest BCUT2D eigenvalue weighted by Crippen LogP contribution is 2.34. The van der Waals surface area contributed by atoms with Crippen molar-refractivity contribution in [3.05, 3.63) is 35.4 Å². The van der Waals surface area contributed by atoms with Crippen molar-refractivity contribution in [1.82, 2.24) is 10.0 Å². The third kappa shape index (κ3) is 4.03. The average Bonchev–Trinajstić information content (AvgIpc) is 2.36. The van der Waals surface area contributed by atoms with Gasteiger partial charge in [-0.25, -0.2) is 13.1 Å². The van der Waals surface area contributed by atoms with Crippen LogP contribution in [0.4, 0.5) is 0 Å². The van der Waals surface area contributed by atoms with Crippen molar-refractivity contribution in [3.63, 3.8) is 0 Å². The highest BCUT2D eigenvalue weighted by molar-refractivity contribution is 7.89. The van der Waals surface area contributed by atoms with Crippen LogP contribution in [0.2, 0.25) is 0 Å². The van der Waals surface area contributed by atoms with Crippen molar-refractivity contribution >= 4 is 10.0 Å². The third-order valence-electron chi connectivity index (χ3n) is 3.60. The minimum atomic E-state index is -3.11. The molecule has 0 fully saturated rings. The van der Waals surface area contributed by atoms with Gasteiger partial charge < -0.3 is 5.32 Å². The predicted molar refractivity (Wildman–Crippen MR) is 77.8 cm³/mol. The van der Waals surface area contributed by atoms with E-state index in [0.717, 1.165) is 19.4 Å². The molecular weight excluding hydrogens is 260 g/mol. The summed E-state index contributed by atoms with van der Waals surface area (Å²) in [6.07, 6.45) is 2.58. The second-order valence-electron chi connectivity index (χ2n) is 5.08. The molecule has 5 heteroatoms. The van der Waals surface area contributed by atoms with Crippen LogP contribution in [0, 0.1) is 0 Å². The molecule has 1 aliphatic carbocycles. The summed E-state index contributed by atoms with van der Waals surface area (Å²) in [5.74, 6) is 0.576. The Hall–Kier alpha value is -0.910. The van der Waals surface area contributed by atoms with Crippen LogP contribution in [0.15, 0.2) is 24.3 Å². The summed E-state index contributed by atoms with van der Waals surface area (Å²) in [5, 5.41) is 3.02. The maximum Gasteiger partial charge on any atom is 0.211 e. The van der Waals surface area contributed by atoms with Crippen molar-refractivity contribution in [3.8, 4) is 0 Å². The van der Waals surface area contributed by atoms with Crippen LogP contribution in [0.1, 0.15) is 29.9 Å². The fourth-order valence-corrected chi connectivity index (χ4v) is 3.62. The Balaban J connectivity index is 1.74. The molecule has 0 spiro atoms. The smallest absolute Gasteiger partial charge is 0.211 e. The van der Waals surface area contributed by atoms with Gasteiger partial charge in [0.25, 0.3) is 0 Å². The minimum absolute atomic E-state index is 0.225. The number of sulfonamides is 1. The summed E-state index contributed by atoms with van der Waals surface area (Å²) in [5.41, 5.74) is 2.64. The van der Waals surface area contributed by atoms with Gasteiger partial charge in [-0.15, -0.1) is 0 Å². The van der Waals surface area contributed by atoms with Crippen LogP contribution >= 0.6 is 0 Å². The van der Waals surface area contributed by atoms with E-state index in [4.69, 9.17) is 0 Å². The molecule has 1 aliphatic rings. The zero-order chi connectivity index (χ0) is 13.7. The van der Waals surface area contributed by atoms with E-state index < -0.39 is 10.0 Å². The number of nitrogens with one attached hydrogen (secondary N) is 2.